The Kier molecular flexibility index (Phi) is 3.05. The molecule has 2 aromatic rings. The van der Waals surface area contributed by atoms with Gasteiger partial charge in [-0.05, 0) is 16.7 Å². The van der Waals surface area contributed by atoms with E-state index in [9.17, 15) is 4.79 Å². The Morgan fingerprint density at radius 3 is 3.11 bits per heavy atom. The number of nitrogens with zero attached hydrogens (tertiary/aromatic N) is 2. The monoisotopic (exact) mass is 256 g/mol. The van der Waals surface area contributed by atoms with Gasteiger partial charge in [0.05, 0.1) is 0 Å². The summed E-state index contributed by atoms with van der Waals surface area (Å²) in [6.07, 6.45) is 3.27. The first-order chi connectivity index (χ1) is 9.24. The molecule has 19 heavy (non-hydrogen) atoms. The number of hydrogen-bond acceptors (Lipinski definition) is 4. The van der Waals surface area contributed by atoms with Crippen molar-refractivity contribution in [2.75, 3.05) is 5.32 Å². The predicted octanol–water partition coefficient (Wildman–Crippen LogP) is 0.996. The van der Waals surface area contributed by atoms with Crippen LogP contribution < -0.4 is 16.2 Å². The molecule has 5 heteroatoms. The summed E-state index contributed by atoms with van der Waals surface area (Å²) in [4.78, 5) is 15.9. The maximum atomic E-state index is 11.8. The van der Waals surface area contributed by atoms with Crippen molar-refractivity contribution < 1.29 is 0 Å². The molecule has 0 spiro atoms. The number of benzene rings is 1. The van der Waals surface area contributed by atoms with Crippen LogP contribution in [0.4, 0.5) is 5.82 Å². The van der Waals surface area contributed by atoms with Gasteiger partial charge in [-0.15, -0.1) is 0 Å². The maximum absolute atomic E-state index is 11.8. The second-order valence-electron chi connectivity index (χ2n) is 4.75. The lowest BCUT2D eigenvalue weighted by atomic mass is 10.1. The molecule has 0 bridgehead atoms. The number of fused-ring (bicyclic) bond motifs is 1. The Balaban J connectivity index is 1.76. The summed E-state index contributed by atoms with van der Waals surface area (Å²) in [6.45, 7) is 2.48. The molecule has 0 saturated carbocycles. The van der Waals surface area contributed by atoms with Crippen LogP contribution in [0.5, 0.6) is 0 Å². The molecular formula is C14H16N4O. The zero-order valence-electron chi connectivity index (χ0n) is 10.8. The molecule has 0 radical (unpaired) electrons. The fraction of sp³-hybridized carbons (Fsp3) is 0.286. The minimum absolute atomic E-state index is 0.106. The first kappa shape index (κ1) is 11.9. The Bertz CT molecular complexity index is 663. The zero-order valence-corrected chi connectivity index (χ0v) is 10.8. The van der Waals surface area contributed by atoms with Crippen LogP contribution in [0.1, 0.15) is 16.7 Å². The molecule has 0 aliphatic carbocycles. The molecule has 1 aliphatic rings. The average Bonchev–Trinajstić information content (AvgIpc) is 2.88. The van der Waals surface area contributed by atoms with E-state index in [0.29, 0.717) is 12.4 Å². The van der Waals surface area contributed by atoms with E-state index in [1.165, 1.54) is 15.7 Å². The predicted molar refractivity (Wildman–Crippen MR) is 73.8 cm³/mol. The van der Waals surface area contributed by atoms with Crippen molar-refractivity contribution in [2.24, 2.45) is 7.05 Å². The molecule has 0 saturated heterocycles. The van der Waals surface area contributed by atoms with Crippen molar-refractivity contribution in [3.8, 4) is 0 Å². The van der Waals surface area contributed by atoms with E-state index in [-0.39, 0.29) is 5.56 Å². The van der Waals surface area contributed by atoms with Crippen molar-refractivity contribution in [1.82, 2.24) is 14.9 Å². The summed E-state index contributed by atoms with van der Waals surface area (Å²) in [5, 5.41) is 6.42. The molecule has 3 rings (SSSR count). The summed E-state index contributed by atoms with van der Waals surface area (Å²) in [5.41, 5.74) is 3.76. The highest BCUT2D eigenvalue weighted by atomic mass is 16.1. The Labute approximate surface area is 111 Å². The van der Waals surface area contributed by atoms with Crippen LogP contribution in [0.2, 0.25) is 0 Å². The van der Waals surface area contributed by atoms with Crippen LogP contribution in [-0.4, -0.2) is 9.55 Å². The largest absolute Gasteiger partial charge is 0.361 e. The lowest BCUT2D eigenvalue weighted by Crippen LogP contribution is -2.21. The third kappa shape index (κ3) is 2.37. The van der Waals surface area contributed by atoms with Crippen LogP contribution >= 0.6 is 0 Å². The molecule has 0 unspecified atom stereocenters. The summed E-state index contributed by atoms with van der Waals surface area (Å²) >= 11 is 0. The van der Waals surface area contributed by atoms with Crippen LogP contribution in [0, 0.1) is 0 Å². The molecule has 0 amide bonds. The van der Waals surface area contributed by atoms with E-state index >= 15 is 0 Å². The Hall–Kier alpha value is -2.14. The number of aryl methyl sites for hydroxylation is 1. The standard InChI is InChI=1S/C14H16N4O/c1-18-5-4-16-13(14(18)19)17-7-10-2-3-11-8-15-9-12(11)6-10/h2-6,15H,7-9H2,1H3,(H,16,17). The second-order valence-corrected chi connectivity index (χ2v) is 4.75. The molecular weight excluding hydrogens is 240 g/mol. The fourth-order valence-electron chi connectivity index (χ4n) is 2.26. The van der Waals surface area contributed by atoms with Crippen LogP contribution in [0.15, 0.2) is 35.4 Å². The number of hydrogen-bond donors (Lipinski definition) is 2. The fourth-order valence-corrected chi connectivity index (χ4v) is 2.26. The van der Waals surface area contributed by atoms with Crippen LogP contribution in [0.3, 0.4) is 0 Å². The van der Waals surface area contributed by atoms with Crippen molar-refractivity contribution in [2.45, 2.75) is 19.6 Å². The van der Waals surface area contributed by atoms with E-state index in [2.05, 4.69) is 33.8 Å². The third-order valence-corrected chi connectivity index (χ3v) is 3.38. The minimum atomic E-state index is -0.106. The Morgan fingerprint density at radius 1 is 1.37 bits per heavy atom. The van der Waals surface area contributed by atoms with Gasteiger partial charge in [0, 0.05) is 39.1 Å². The van der Waals surface area contributed by atoms with Gasteiger partial charge >= 0.3 is 0 Å². The summed E-state index contributed by atoms with van der Waals surface area (Å²) < 4.78 is 1.52. The van der Waals surface area contributed by atoms with Gasteiger partial charge in [-0.1, -0.05) is 18.2 Å². The lowest BCUT2D eigenvalue weighted by Gasteiger charge is -2.07. The molecule has 1 aliphatic heterocycles. The Morgan fingerprint density at radius 2 is 2.21 bits per heavy atom. The first-order valence-corrected chi connectivity index (χ1v) is 6.31. The lowest BCUT2D eigenvalue weighted by molar-refractivity contribution is 0.764. The van der Waals surface area contributed by atoms with Gasteiger partial charge in [0.15, 0.2) is 5.82 Å². The molecule has 1 aromatic heterocycles. The van der Waals surface area contributed by atoms with E-state index in [0.717, 1.165) is 18.7 Å². The molecule has 0 atom stereocenters. The van der Waals surface area contributed by atoms with Crippen molar-refractivity contribution in [3.63, 3.8) is 0 Å². The second kappa shape index (κ2) is 4.85. The molecule has 2 N–H and O–H groups in total. The highest BCUT2D eigenvalue weighted by Crippen LogP contribution is 2.17. The number of anilines is 1. The molecule has 0 fully saturated rings. The van der Waals surface area contributed by atoms with Gasteiger partial charge in [-0.25, -0.2) is 4.98 Å². The topological polar surface area (TPSA) is 59.0 Å². The van der Waals surface area contributed by atoms with Crippen LogP contribution in [0.25, 0.3) is 0 Å². The first-order valence-electron chi connectivity index (χ1n) is 6.31. The number of nitrogens with one attached hydrogen (secondary N) is 2. The smallest absolute Gasteiger partial charge is 0.293 e. The molecule has 1 aromatic carbocycles. The average molecular weight is 256 g/mol. The normalized spacial score (nSPS) is 13.3. The number of rotatable bonds is 3. The highest BCUT2D eigenvalue weighted by Gasteiger charge is 2.10. The molecule has 5 nitrogen and oxygen atoms in total. The summed E-state index contributed by atoms with van der Waals surface area (Å²) in [6, 6.07) is 6.41. The SMILES string of the molecule is Cn1ccnc(NCc2ccc3c(c2)CNC3)c1=O. The zero-order chi connectivity index (χ0) is 13.2. The van der Waals surface area contributed by atoms with Crippen molar-refractivity contribution in [3.05, 3.63) is 57.6 Å². The quantitative estimate of drug-likeness (QED) is 0.860. The van der Waals surface area contributed by atoms with E-state index in [4.69, 9.17) is 0 Å². The van der Waals surface area contributed by atoms with Gasteiger partial charge in [-0.3, -0.25) is 4.79 Å². The maximum Gasteiger partial charge on any atom is 0.293 e. The van der Waals surface area contributed by atoms with Crippen LogP contribution in [-0.2, 0) is 26.7 Å². The van der Waals surface area contributed by atoms with Gasteiger partial charge in [0.1, 0.15) is 0 Å². The van der Waals surface area contributed by atoms with E-state index < -0.39 is 0 Å². The third-order valence-electron chi connectivity index (χ3n) is 3.38. The van der Waals surface area contributed by atoms with Gasteiger partial charge in [0.25, 0.3) is 5.56 Å². The van der Waals surface area contributed by atoms with E-state index in [1.807, 2.05) is 0 Å². The highest BCUT2D eigenvalue weighted by molar-refractivity contribution is 5.37. The molecule has 2 heterocycles. The van der Waals surface area contributed by atoms with Crippen molar-refractivity contribution >= 4 is 5.82 Å². The summed E-state index contributed by atoms with van der Waals surface area (Å²) in [7, 11) is 1.72. The van der Waals surface area contributed by atoms with E-state index in [1.54, 1.807) is 19.4 Å². The van der Waals surface area contributed by atoms with Gasteiger partial charge < -0.3 is 15.2 Å². The molecule has 98 valence electrons. The summed E-state index contributed by atoms with van der Waals surface area (Å²) in [5.74, 6) is 0.392. The van der Waals surface area contributed by atoms with Crippen molar-refractivity contribution in [1.29, 1.82) is 0 Å². The number of aromatic nitrogens is 2. The van der Waals surface area contributed by atoms with Gasteiger partial charge in [-0.2, -0.15) is 0 Å². The van der Waals surface area contributed by atoms with Gasteiger partial charge in [0.2, 0.25) is 0 Å². The minimum Gasteiger partial charge on any atom is -0.361 e.